The average molecular weight is 899 g/mol. The maximum absolute atomic E-state index is 2.99. The summed E-state index contributed by atoms with van der Waals surface area (Å²) in [5.74, 6) is 0. The van der Waals surface area contributed by atoms with E-state index in [2.05, 4.69) is 111 Å². The Morgan fingerprint density at radius 1 is 0.475 bits per heavy atom. The SMILES string of the molecule is C[C](=[Hf+2])c1ccccc1.C[C](=[Hf+2])c1ccccc1.Cl.Cl.[C-]1=CC=CC1.[C-]1=CC=CC1.[C-]1=CC=CC1.[C-]1=CC=CC1. The molecule has 2 aromatic carbocycles. The van der Waals surface area contributed by atoms with E-state index in [1.54, 1.807) is 0 Å². The molecule has 204 valence electrons. The Morgan fingerprint density at radius 3 is 0.825 bits per heavy atom. The van der Waals surface area contributed by atoms with E-state index >= 15 is 0 Å². The second-order valence-electron chi connectivity index (χ2n) is 7.99. The van der Waals surface area contributed by atoms with Crippen LogP contribution in [0.3, 0.4) is 0 Å². The Hall–Kier alpha value is -1.58. The third-order valence-corrected chi connectivity index (χ3v) is 6.83. The first-order valence-corrected chi connectivity index (χ1v) is 16.3. The molecule has 4 aliphatic carbocycles. The van der Waals surface area contributed by atoms with Crippen LogP contribution in [0.1, 0.15) is 50.7 Å². The van der Waals surface area contributed by atoms with Crippen LogP contribution in [0.15, 0.2) is 134 Å². The minimum Gasteiger partial charge on any atom is -0.273 e. The summed E-state index contributed by atoms with van der Waals surface area (Å²) in [6.45, 7) is 4.36. The maximum atomic E-state index is 2.99. The summed E-state index contributed by atoms with van der Waals surface area (Å²) in [7, 11) is 0. The van der Waals surface area contributed by atoms with Crippen LogP contribution < -0.4 is 0 Å². The fourth-order valence-corrected chi connectivity index (χ4v) is 3.93. The van der Waals surface area contributed by atoms with Crippen LogP contribution in [-0.4, -0.2) is 6.51 Å². The molecule has 0 heterocycles. The van der Waals surface area contributed by atoms with Gasteiger partial charge in [-0.15, -0.1) is 50.5 Å². The predicted molar refractivity (Wildman–Crippen MR) is 173 cm³/mol. The molecule has 0 radical (unpaired) electrons. The zero-order chi connectivity index (χ0) is 27.5. The summed E-state index contributed by atoms with van der Waals surface area (Å²) in [6, 6.07) is 21.0. The molecule has 2 aromatic rings. The van der Waals surface area contributed by atoms with Gasteiger partial charge < -0.3 is 0 Å². The van der Waals surface area contributed by atoms with Crippen molar-refractivity contribution < 1.29 is 47.8 Å². The first-order valence-electron chi connectivity index (χ1n) is 12.7. The Morgan fingerprint density at radius 2 is 0.725 bits per heavy atom. The third kappa shape index (κ3) is 25.4. The average Bonchev–Trinajstić information content (AvgIpc) is 3.82. The van der Waals surface area contributed by atoms with Crippen molar-refractivity contribution in [3.63, 3.8) is 0 Å². The standard InChI is InChI=1S/2C8H8.4C5H5.2ClH.2Hf/c2*1-2-8-6-4-3-5-7-8;4*1-2-4-5-3-1;;;;/h2*3-7H,1H3;4*1-3H,4H2;2*1H;;/q;;4*-1;;;2*+2. The molecule has 0 saturated heterocycles. The molecule has 0 spiro atoms. The summed E-state index contributed by atoms with van der Waals surface area (Å²) in [4.78, 5) is 0. The molecule has 40 heavy (non-hydrogen) atoms. The van der Waals surface area contributed by atoms with Crippen molar-refractivity contribution in [1.82, 2.24) is 0 Å². The molecule has 0 N–H and O–H groups in total. The molecule has 0 fully saturated rings. The number of allylic oxidation sites excluding steroid dienone is 16. The molecule has 0 aromatic heterocycles. The quantitative estimate of drug-likeness (QED) is 0.208. The van der Waals surface area contributed by atoms with Crippen LogP contribution in [0, 0.1) is 24.3 Å². The van der Waals surface area contributed by atoms with Crippen LogP contribution in [0.2, 0.25) is 0 Å². The Balaban J connectivity index is 0. The molecule has 0 saturated carbocycles. The van der Waals surface area contributed by atoms with Crippen molar-refractivity contribution in [1.29, 1.82) is 0 Å². The normalized spacial score (nSPS) is 12.9. The summed E-state index contributed by atoms with van der Waals surface area (Å²) in [5, 5.41) is 0. The monoisotopic (exact) mass is 900 g/mol. The maximum Gasteiger partial charge on any atom is -0.109 e. The Kier molecular flexibility index (Phi) is 30.8. The van der Waals surface area contributed by atoms with E-state index in [1.165, 1.54) is 65.4 Å². The van der Waals surface area contributed by atoms with E-state index in [1.807, 2.05) is 60.7 Å². The van der Waals surface area contributed by atoms with Crippen molar-refractivity contribution >= 4 is 31.3 Å². The topological polar surface area (TPSA) is 0 Å². The van der Waals surface area contributed by atoms with E-state index in [0.29, 0.717) is 0 Å². The summed E-state index contributed by atoms with van der Waals surface area (Å²) < 4.78 is 3.02. The molecular formula is C36H38Cl2Hf2. The van der Waals surface area contributed by atoms with Crippen molar-refractivity contribution in [2.24, 2.45) is 0 Å². The van der Waals surface area contributed by atoms with Crippen molar-refractivity contribution in [3.05, 3.63) is 169 Å². The van der Waals surface area contributed by atoms with Crippen LogP contribution >= 0.6 is 24.8 Å². The third-order valence-electron chi connectivity index (χ3n) is 4.76. The molecule has 0 bridgehead atoms. The largest absolute Gasteiger partial charge is 0.273 e. The second-order valence-corrected chi connectivity index (χ2v) is 13.4. The van der Waals surface area contributed by atoms with E-state index in [9.17, 15) is 0 Å². The van der Waals surface area contributed by atoms with Gasteiger partial charge in [-0.2, -0.15) is 24.3 Å². The molecule has 4 aliphatic rings. The molecular weight excluding hydrogens is 860 g/mol. The molecule has 4 heteroatoms. The van der Waals surface area contributed by atoms with Gasteiger partial charge in [0.05, 0.1) is 0 Å². The molecule has 0 aliphatic heterocycles. The smallest absolute Gasteiger partial charge is 0.109 e. The predicted octanol–water partition coefficient (Wildman–Crippen LogP) is 9.61. The number of rotatable bonds is 2. The van der Waals surface area contributed by atoms with Gasteiger partial charge in [0, 0.05) is 0 Å². The van der Waals surface area contributed by atoms with Crippen molar-refractivity contribution in [3.8, 4) is 0 Å². The summed E-state index contributed by atoms with van der Waals surface area (Å²) >= 11 is 2.35. The van der Waals surface area contributed by atoms with Crippen LogP contribution in [0.5, 0.6) is 0 Å². The minimum absolute atomic E-state index is 0. The van der Waals surface area contributed by atoms with Gasteiger partial charge in [0.1, 0.15) is 0 Å². The van der Waals surface area contributed by atoms with Crippen LogP contribution in [-0.2, 0) is 47.8 Å². The van der Waals surface area contributed by atoms with E-state index in [-0.39, 0.29) is 24.8 Å². The van der Waals surface area contributed by atoms with Crippen molar-refractivity contribution in [2.45, 2.75) is 39.5 Å². The Bertz CT molecular complexity index is 972. The van der Waals surface area contributed by atoms with Gasteiger partial charge >= 0.3 is 140 Å². The van der Waals surface area contributed by atoms with E-state index < -0.39 is 0 Å². The van der Waals surface area contributed by atoms with Gasteiger partial charge in [-0.25, -0.2) is 48.6 Å². The first kappa shape index (κ1) is 40.6. The fourth-order valence-electron chi connectivity index (χ4n) is 2.74. The summed E-state index contributed by atoms with van der Waals surface area (Å²) in [5.41, 5.74) is 2.79. The van der Waals surface area contributed by atoms with Gasteiger partial charge in [0.15, 0.2) is 0 Å². The number of hydrogen-bond acceptors (Lipinski definition) is 0. The number of hydrogen-bond donors (Lipinski definition) is 0. The number of halogens is 2. The van der Waals surface area contributed by atoms with Crippen LogP contribution in [0.4, 0.5) is 0 Å². The zero-order valence-electron chi connectivity index (χ0n) is 23.3. The van der Waals surface area contributed by atoms with E-state index in [4.69, 9.17) is 0 Å². The van der Waals surface area contributed by atoms with Gasteiger partial charge in [0.25, 0.3) is 0 Å². The van der Waals surface area contributed by atoms with Crippen molar-refractivity contribution in [2.75, 3.05) is 0 Å². The van der Waals surface area contributed by atoms with Gasteiger partial charge in [-0.1, -0.05) is 0 Å². The van der Waals surface area contributed by atoms with E-state index in [0.717, 1.165) is 25.7 Å². The molecule has 0 unspecified atom stereocenters. The molecule has 0 nitrogen and oxygen atoms in total. The van der Waals surface area contributed by atoms with Gasteiger partial charge in [-0.3, -0.25) is 24.3 Å². The summed E-state index contributed by atoms with van der Waals surface area (Å²) in [6.07, 6.45) is 40.0. The second kappa shape index (κ2) is 30.4. The van der Waals surface area contributed by atoms with Crippen LogP contribution in [0.25, 0.3) is 0 Å². The number of benzene rings is 2. The minimum atomic E-state index is 0. The molecule has 6 rings (SSSR count). The first-order chi connectivity index (χ1) is 18.6. The zero-order valence-corrected chi connectivity index (χ0v) is 32.2. The fraction of sp³-hybridized carbons (Fsp3) is 0.167. The van der Waals surface area contributed by atoms with Gasteiger partial charge in [0.2, 0.25) is 0 Å². The molecule has 0 atom stereocenters. The molecule has 0 amide bonds. The Labute approximate surface area is 285 Å². The van der Waals surface area contributed by atoms with Gasteiger partial charge in [-0.05, 0) is 0 Å².